The Hall–Kier alpha value is -5.61. The van der Waals surface area contributed by atoms with Crippen molar-refractivity contribution in [3.63, 3.8) is 0 Å². The van der Waals surface area contributed by atoms with Crippen LogP contribution in [-0.4, -0.2) is 6.36 Å². The molecule has 1 heterocycles. The summed E-state index contributed by atoms with van der Waals surface area (Å²) in [4.78, 5) is 8.44. The fourth-order valence-electron chi connectivity index (χ4n) is 5.37. The van der Waals surface area contributed by atoms with E-state index < -0.39 is 6.36 Å². The second kappa shape index (κ2) is 9.25. The van der Waals surface area contributed by atoms with Crippen molar-refractivity contribution >= 4 is 22.5 Å². The highest BCUT2D eigenvalue weighted by Gasteiger charge is 2.39. The van der Waals surface area contributed by atoms with Gasteiger partial charge in [-0.15, -0.1) is 24.5 Å². The van der Waals surface area contributed by atoms with Crippen LogP contribution in [0.3, 0.4) is 0 Å². The summed E-state index contributed by atoms with van der Waals surface area (Å²) in [5, 5.41) is 19.7. The molecule has 9 heteroatoms. The molecule has 0 saturated heterocycles. The molecule has 0 unspecified atom stereocenters. The summed E-state index contributed by atoms with van der Waals surface area (Å²) in [6, 6.07) is 20.9. The van der Waals surface area contributed by atoms with Gasteiger partial charge in [-0.05, 0) is 58.5 Å². The number of benzene rings is 3. The number of aryl methyl sites for hydroxylation is 1. The van der Waals surface area contributed by atoms with E-state index in [1.807, 2.05) is 55.5 Å². The van der Waals surface area contributed by atoms with Crippen LogP contribution in [-0.2, 0) is 0 Å². The lowest BCUT2D eigenvalue weighted by Gasteiger charge is -2.11. The van der Waals surface area contributed by atoms with E-state index in [1.54, 1.807) is 0 Å². The Morgan fingerprint density at radius 3 is 1.78 bits per heavy atom. The van der Waals surface area contributed by atoms with Crippen LogP contribution in [0.25, 0.3) is 54.2 Å². The van der Waals surface area contributed by atoms with E-state index in [9.17, 15) is 23.7 Å². The first-order valence-electron chi connectivity index (χ1n) is 12.0. The molecule has 0 radical (unpaired) electrons. The molecule has 0 bridgehead atoms. The Morgan fingerprint density at radius 2 is 1.27 bits per heavy atom. The molecule has 0 saturated carbocycles. The van der Waals surface area contributed by atoms with Gasteiger partial charge in [0.15, 0.2) is 0 Å². The molecule has 0 aliphatic heterocycles. The van der Waals surface area contributed by atoms with Crippen molar-refractivity contribution in [2.45, 2.75) is 13.3 Å². The van der Waals surface area contributed by atoms with Crippen molar-refractivity contribution in [1.82, 2.24) is 0 Å². The standard InChI is InChI=1S/C32H13F3N4OS/c1-16-4-10-20-22(12-16)26(24(14-36)38-2)30-28(20)29-21-11-7-18(17-5-8-19(9-6-17)40-32(33,34)35)13-23(21)27(31(29)41-30)25(15-37)39-3/h4-13H,1H3/b26-24+,27-25-. The van der Waals surface area contributed by atoms with Crippen LogP contribution in [0.15, 0.2) is 72.1 Å². The van der Waals surface area contributed by atoms with Gasteiger partial charge in [-0.1, -0.05) is 48.0 Å². The summed E-state index contributed by atoms with van der Waals surface area (Å²) in [5.74, 6) is -0.338. The van der Waals surface area contributed by atoms with Gasteiger partial charge in [0.25, 0.3) is 11.4 Å². The number of hydrogen-bond acceptors (Lipinski definition) is 4. The van der Waals surface area contributed by atoms with Crippen molar-refractivity contribution in [3.05, 3.63) is 121 Å². The quantitative estimate of drug-likeness (QED) is 0.157. The molecule has 1 aromatic heterocycles. The lowest BCUT2D eigenvalue weighted by molar-refractivity contribution is -0.274. The van der Waals surface area contributed by atoms with E-state index in [2.05, 4.69) is 14.4 Å². The largest absolute Gasteiger partial charge is 0.573 e. The van der Waals surface area contributed by atoms with Crippen LogP contribution in [0.2, 0.25) is 0 Å². The summed E-state index contributed by atoms with van der Waals surface area (Å²) in [7, 11) is 0. The number of fused-ring (bicyclic) bond motifs is 7. The van der Waals surface area contributed by atoms with Gasteiger partial charge in [0.1, 0.15) is 5.75 Å². The molecular weight excluding hydrogens is 545 g/mol. The van der Waals surface area contributed by atoms with Crippen molar-refractivity contribution < 1.29 is 17.9 Å². The number of allylic oxidation sites excluding steroid dienone is 2. The molecular formula is C32H13F3N4OS. The first kappa shape index (κ1) is 25.7. The summed E-state index contributed by atoms with van der Waals surface area (Å²) in [6.45, 7) is 17.3. The molecule has 41 heavy (non-hydrogen) atoms. The number of alkyl halides is 3. The summed E-state index contributed by atoms with van der Waals surface area (Å²) in [6.07, 6.45) is -4.80. The van der Waals surface area contributed by atoms with Gasteiger partial charge in [-0.2, -0.15) is 0 Å². The Balaban J connectivity index is 1.59. The van der Waals surface area contributed by atoms with E-state index >= 15 is 0 Å². The zero-order chi connectivity index (χ0) is 29.1. The van der Waals surface area contributed by atoms with Crippen molar-refractivity contribution in [1.29, 1.82) is 10.5 Å². The number of halogens is 3. The number of hydrogen-bond donors (Lipinski definition) is 0. The first-order valence-corrected chi connectivity index (χ1v) is 12.8. The van der Waals surface area contributed by atoms with Gasteiger partial charge >= 0.3 is 6.36 Å². The maximum atomic E-state index is 12.6. The molecule has 0 amide bonds. The van der Waals surface area contributed by atoms with Crippen LogP contribution in [0.5, 0.6) is 5.75 Å². The number of rotatable bonds is 2. The van der Waals surface area contributed by atoms with Crippen LogP contribution in [0, 0.1) is 42.7 Å². The predicted molar refractivity (Wildman–Crippen MR) is 149 cm³/mol. The van der Waals surface area contributed by atoms with Gasteiger partial charge in [-0.25, -0.2) is 20.2 Å². The fourth-order valence-corrected chi connectivity index (χ4v) is 6.82. The van der Waals surface area contributed by atoms with E-state index in [0.29, 0.717) is 32.7 Å². The fraction of sp³-hybridized carbons (Fsp3) is 0.0625. The normalized spacial score (nSPS) is 14.8. The highest BCUT2D eigenvalue weighted by molar-refractivity contribution is 7.16. The smallest absolute Gasteiger partial charge is 0.406 e. The third kappa shape index (κ3) is 3.97. The first-order chi connectivity index (χ1) is 19.7. The summed E-state index contributed by atoms with van der Waals surface area (Å²) >= 11 is 1.35. The molecule has 0 fully saturated rings. The number of ether oxygens (including phenoxy) is 1. The van der Waals surface area contributed by atoms with Crippen molar-refractivity contribution in [2.24, 2.45) is 0 Å². The van der Waals surface area contributed by atoms with Crippen molar-refractivity contribution in [3.8, 4) is 51.3 Å². The third-order valence-electron chi connectivity index (χ3n) is 6.96. The minimum atomic E-state index is -4.80. The summed E-state index contributed by atoms with van der Waals surface area (Å²) < 4.78 is 41.8. The number of thiophene rings is 1. The Bertz CT molecular complexity index is 2020. The van der Waals surface area contributed by atoms with Crippen molar-refractivity contribution in [2.75, 3.05) is 0 Å². The zero-order valence-corrected chi connectivity index (χ0v) is 21.8. The minimum absolute atomic E-state index is 0.0275. The number of nitrogens with zero attached hydrogens (tertiary/aromatic N) is 4. The van der Waals surface area contributed by atoms with Crippen LogP contribution < -0.4 is 4.74 Å². The molecule has 3 aromatic carbocycles. The van der Waals surface area contributed by atoms with Crippen LogP contribution in [0.4, 0.5) is 13.2 Å². The molecule has 5 nitrogen and oxygen atoms in total. The van der Waals surface area contributed by atoms with Gasteiger partial charge in [-0.3, -0.25) is 0 Å². The highest BCUT2D eigenvalue weighted by atomic mass is 32.1. The number of nitriles is 2. The van der Waals surface area contributed by atoms with Gasteiger partial charge in [0.2, 0.25) is 0 Å². The molecule has 6 rings (SSSR count). The minimum Gasteiger partial charge on any atom is -0.406 e. The van der Waals surface area contributed by atoms with Gasteiger partial charge in [0, 0.05) is 32.0 Å². The average Bonchev–Trinajstić information content (AvgIpc) is 3.56. The Labute approximate surface area is 236 Å². The average molecular weight is 559 g/mol. The zero-order valence-electron chi connectivity index (χ0n) is 21.0. The second-order valence-electron chi connectivity index (χ2n) is 9.29. The van der Waals surface area contributed by atoms with Crippen LogP contribution >= 0.6 is 11.3 Å². The SMILES string of the molecule is [C-]#[N+]/C(C#N)=C1/c2cc(-c3ccc(OC(F)(F)F)cc3)ccc2-c2c1sc1c2-c2ccc(C)cc2/C1=C(/C#N)[N+]#[C-]. The highest BCUT2D eigenvalue weighted by Crippen LogP contribution is 2.61. The Morgan fingerprint density at radius 1 is 0.756 bits per heavy atom. The second-order valence-corrected chi connectivity index (χ2v) is 10.3. The summed E-state index contributed by atoms with van der Waals surface area (Å²) in [5.41, 5.74) is 7.97. The predicted octanol–water partition coefficient (Wildman–Crippen LogP) is 8.99. The lowest BCUT2D eigenvalue weighted by Crippen LogP contribution is -2.16. The van der Waals surface area contributed by atoms with Gasteiger partial charge < -0.3 is 4.74 Å². The molecule has 194 valence electrons. The molecule has 4 aromatic rings. The van der Waals surface area contributed by atoms with E-state index in [4.69, 9.17) is 13.1 Å². The molecule has 2 aliphatic carbocycles. The molecule has 0 spiro atoms. The Kier molecular flexibility index (Phi) is 5.79. The van der Waals surface area contributed by atoms with E-state index in [0.717, 1.165) is 38.3 Å². The van der Waals surface area contributed by atoms with E-state index in [1.165, 1.54) is 35.6 Å². The monoisotopic (exact) mass is 558 g/mol. The third-order valence-corrected chi connectivity index (χ3v) is 8.19. The maximum absolute atomic E-state index is 12.6. The molecule has 0 N–H and O–H groups in total. The maximum Gasteiger partial charge on any atom is 0.573 e. The van der Waals surface area contributed by atoms with Gasteiger partial charge in [0.05, 0.1) is 25.3 Å². The molecule has 2 aliphatic rings. The topological polar surface area (TPSA) is 65.5 Å². The molecule has 0 atom stereocenters. The lowest BCUT2D eigenvalue weighted by atomic mass is 9.95. The van der Waals surface area contributed by atoms with E-state index in [-0.39, 0.29) is 17.1 Å². The van der Waals surface area contributed by atoms with Crippen LogP contribution in [0.1, 0.15) is 26.4 Å².